The maximum atomic E-state index is 12.1. The Labute approximate surface area is 151 Å². The summed E-state index contributed by atoms with van der Waals surface area (Å²) in [5, 5.41) is 0. The fourth-order valence-electron chi connectivity index (χ4n) is 2.19. The second kappa shape index (κ2) is 9.77. The minimum atomic E-state index is -3.20. The molecule has 0 aliphatic rings. The number of sulfone groups is 1. The van der Waals surface area contributed by atoms with E-state index in [0.717, 1.165) is 6.42 Å². The summed E-state index contributed by atoms with van der Waals surface area (Å²) in [6.45, 7) is 5.22. The van der Waals surface area contributed by atoms with Crippen molar-refractivity contribution in [2.75, 3.05) is 26.5 Å². The van der Waals surface area contributed by atoms with Crippen molar-refractivity contribution in [1.82, 2.24) is 4.90 Å². The van der Waals surface area contributed by atoms with Gasteiger partial charge in [0.1, 0.15) is 5.75 Å². The Hall–Kier alpha value is -1.60. The van der Waals surface area contributed by atoms with Crippen LogP contribution < -0.4 is 10.5 Å². The predicted octanol–water partition coefficient (Wildman–Crippen LogP) is 2.08. The van der Waals surface area contributed by atoms with Crippen molar-refractivity contribution < 1.29 is 17.9 Å². The van der Waals surface area contributed by atoms with E-state index in [1.165, 1.54) is 18.4 Å². The Bertz CT molecular complexity index is 642. The lowest BCUT2D eigenvalue weighted by molar-refractivity contribution is -0.130. The van der Waals surface area contributed by atoms with Gasteiger partial charge in [-0.1, -0.05) is 13.8 Å². The smallest absolute Gasteiger partial charge is 0.222 e. The van der Waals surface area contributed by atoms with Crippen LogP contribution in [0.1, 0.15) is 33.1 Å². The minimum Gasteiger partial charge on any atom is -0.494 e. The van der Waals surface area contributed by atoms with Gasteiger partial charge in [0.2, 0.25) is 5.91 Å². The zero-order valence-electron chi connectivity index (χ0n) is 15.6. The maximum absolute atomic E-state index is 12.1. The molecular weight excluding hydrogens is 340 g/mol. The minimum absolute atomic E-state index is 0.0759. The van der Waals surface area contributed by atoms with E-state index in [1.807, 2.05) is 0 Å². The van der Waals surface area contributed by atoms with E-state index >= 15 is 0 Å². The van der Waals surface area contributed by atoms with Crippen LogP contribution in [-0.4, -0.2) is 51.7 Å². The highest BCUT2D eigenvalue weighted by Crippen LogP contribution is 2.16. The highest BCUT2D eigenvalue weighted by molar-refractivity contribution is 7.90. The van der Waals surface area contributed by atoms with Crippen LogP contribution in [0.3, 0.4) is 0 Å². The second-order valence-corrected chi connectivity index (χ2v) is 8.72. The average molecular weight is 371 g/mol. The lowest BCUT2D eigenvalue weighted by Crippen LogP contribution is -2.34. The maximum Gasteiger partial charge on any atom is 0.222 e. The van der Waals surface area contributed by atoms with Crippen molar-refractivity contribution in [3.05, 3.63) is 24.3 Å². The van der Waals surface area contributed by atoms with Crippen LogP contribution >= 0.6 is 0 Å². The number of benzene rings is 1. The Morgan fingerprint density at radius 2 is 1.84 bits per heavy atom. The zero-order valence-corrected chi connectivity index (χ0v) is 16.4. The monoisotopic (exact) mass is 370 g/mol. The van der Waals surface area contributed by atoms with Gasteiger partial charge >= 0.3 is 0 Å². The van der Waals surface area contributed by atoms with Crippen LogP contribution in [0.25, 0.3) is 0 Å². The number of hydrogen-bond donors (Lipinski definition) is 1. The van der Waals surface area contributed by atoms with Crippen LogP contribution in [0.15, 0.2) is 29.2 Å². The summed E-state index contributed by atoms with van der Waals surface area (Å²) >= 11 is 0. The van der Waals surface area contributed by atoms with E-state index in [2.05, 4.69) is 13.8 Å². The molecule has 1 aromatic carbocycles. The van der Waals surface area contributed by atoms with Crippen LogP contribution in [0, 0.1) is 5.92 Å². The Morgan fingerprint density at radius 3 is 2.36 bits per heavy atom. The van der Waals surface area contributed by atoms with E-state index in [-0.39, 0.29) is 16.8 Å². The Morgan fingerprint density at radius 1 is 1.24 bits per heavy atom. The number of carbonyl (C=O) groups is 1. The molecule has 0 radical (unpaired) electrons. The van der Waals surface area contributed by atoms with Crippen LogP contribution in [0.4, 0.5) is 0 Å². The molecule has 2 N–H and O–H groups in total. The molecule has 0 heterocycles. The quantitative estimate of drug-likeness (QED) is 0.637. The van der Waals surface area contributed by atoms with Crippen molar-refractivity contribution in [1.29, 1.82) is 0 Å². The lowest BCUT2D eigenvalue weighted by atomic mass is 10.0. The number of hydrogen-bond acceptors (Lipinski definition) is 5. The first kappa shape index (κ1) is 21.4. The largest absolute Gasteiger partial charge is 0.494 e. The average Bonchev–Trinajstić information content (AvgIpc) is 2.55. The fourth-order valence-corrected chi connectivity index (χ4v) is 2.82. The first-order chi connectivity index (χ1) is 11.6. The van der Waals surface area contributed by atoms with Gasteiger partial charge in [0.15, 0.2) is 9.84 Å². The Balaban J connectivity index is 2.29. The highest BCUT2D eigenvalue weighted by atomic mass is 32.2. The summed E-state index contributed by atoms with van der Waals surface area (Å²) in [5.41, 5.74) is 5.99. The molecule has 0 saturated carbocycles. The van der Waals surface area contributed by atoms with E-state index in [9.17, 15) is 13.2 Å². The normalized spacial score (nSPS) is 12.9. The number of nitrogens with zero attached hydrogens (tertiary/aromatic N) is 1. The molecule has 0 bridgehead atoms. The summed E-state index contributed by atoms with van der Waals surface area (Å²) < 4.78 is 28.3. The highest BCUT2D eigenvalue weighted by Gasteiger charge is 2.12. The molecule has 142 valence electrons. The molecule has 7 heteroatoms. The van der Waals surface area contributed by atoms with E-state index < -0.39 is 9.84 Å². The molecule has 0 spiro atoms. The number of ether oxygens (including phenoxy) is 1. The van der Waals surface area contributed by atoms with Crippen LogP contribution in [0.2, 0.25) is 0 Å². The van der Waals surface area contributed by atoms with E-state index in [4.69, 9.17) is 10.5 Å². The third-order valence-corrected chi connectivity index (χ3v) is 5.26. The van der Waals surface area contributed by atoms with Gasteiger partial charge in [0.25, 0.3) is 0 Å². The van der Waals surface area contributed by atoms with Gasteiger partial charge in [-0.15, -0.1) is 0 Å². The molecule has 1 aromatic rings. The molecule has 0 aromatic heterocycles. The van der Waals surface area contributed by atoms with Gasteiger partial charge in [0.05, 0.1) is 11.5 Å². The lowest BCUT2D eigenvalue weighted by Gasteiger charge is -2.21. The standard InChI is InChI=1S/C18H30N2O4S/c1-14(2)17(19)11-12-20(3)18(21)6-5-13-24-15-7-9-16(10-8-15)25(4,22)23/h7-10,14,17H,5-6,11-13,19H2,1-4H3. The van der Waals surface area contributed by atoms with Crippen molar-refractivity contribution in [2.24, 2.45) is 11.7 Å². The third kappa shape index (κ3) is 7.88. The first-order valence-electron chi connectivity index (χ1n) is 8.53. The number of nitrogens with two attached hydrogens (primary N) is 1. The second-order valence-electron chi connectivity index (χ2n) is 6.71. The summed E-state index contributed by atoms with van der Waals surface area (Å²) in [4.78, 5) is 14.0. The third-order valence-electron chi connectivity index (χ3n) is 4.14. The van der Waals surface area contributed by atoms with Gasteiger partial charge in [-0.2, -0.15) is 0 Å². The molecule has 0 saturated heterocycles. The van der Waals surface area contributed by atoms with Crippen molar-refractivity contribution >= 4 is 15.7 Å². The van der Waals surface area contributed by atoms with E-state index in [0.29, 0.717) is 37.7 Å². The summed E-state index contributed by atoms with van der Waals surface area (Å²) in [6, 6.07) is 6.38. The molecule has 0 fully saturated rings. The molecule has 6 nitrogen and oxygen atoms in total. The van der Waals surface area contributed by atoms with Crippen LogP contribution in [0.5, 0.6) is 5.75 Å². The molecule has 25 heavy (non-hydrogen) atoms. The summed E-state index contributed by atoms with van der Waals surface area (Å²) in [6.07, 6.45) is 2.98. The summed E-state index contributed by atoms with van der Waals surface area (Å²) in [5.74, 6) is 1.08. The summed E-state index contributed by atoms with van der Waals surface area (Å²) in [7, 11) is -1.41. The molecule has 1 unspecified atom stereocenters. The van der Waals surface area contributed by atoms with E-state index in [1.54, 1.807) is 24.1 Å². The molecule has 1 amide bonds. The van der Waals surface area contributed by atoms with Gasteiger partial charge in [-0.05, 0) is 43.0 Å². The molecule has 0 aliphatic carbocycles. The molecule has 1 rings (SSSR count). The van der Waals surface area contributed by atoms with Gasteiger partial charge in [-0.25, -0.2) is 8.42 Å². The SMILES string of the molecule is CC(C)C(N)CCN(C)C(=O)CCCOc1ccc(S(C)(=O)=O)cc1. The topological polar surface area (TPSA) is 89.7 Å². The number of amides is 1. The number of rotatable bonds is 10. The molecular formula is C18H30N2O4S. The number of carbonyl (C=O) groups excluding carboxylic acids is 1. The van der Waals surface area contributed by atoms with Crippen LogP contribution in [-0.2, 0) is 14.6 Å². The predicted molar refractivity (Wildman–Crippen MR) is 99.3 cm³/mol. The fraction of sp³-hybridized carbons (Fsp3) is 0.611. The Kier molecular flexibility index (Phi) is 8.38. The van der Waals surface area contributed by atoms with Gasteiger partial charge in [-0.3, -0.25) is 4.79 Å². The molecule has 0 aliphatic heterocycles. The van der Waals surface area contributed by atoms with Crippen molar-refractivity contribution in [3.8, 4) is 5.75 Å². The van der Waals surface area contributed by atoms with Gasteiger partial charge < -0.3 is 15.4 Å². The zero-order chi connectivity index (χ0) is 19.0. The first-order valence-corrected chi connectivity index (χ1v) is 10.4. The molecule has 1 atom stereocenters. The van der Waals surface area contributed by atoms with Gasteiger partial charge in [0, 0.05) is 32.3 Å². The van der Waals surface area contributed by atoms with Crippen molar-refractivity contribution in [2.45, 2.75) is 44.0 Å². The van der Waals surface area contributed by atoms with Crippen molar-refractivity contribution in [3.63, 3.8) is 0 Å².